The van der Waals surface area contributed by atoms with Crippen LogP contribution in [-0.4, -0.2) is 55.3 Å². The molecular weight excluding hydrogens is 451 g/mol. The molecule has 0 aliphatic carbocycles. The second-order valence-electron chi connectivity index (χ2n) is 7.59. The number of carbonyl (C=O) groups is 1. The number of nitrogens with zero attached hydrogens (tertiary/aromatic N) is 1. The molecule has 11 heteroatoms. The van der Waals surface area contributed by atoms with Gasteiger partial charge in [-0.15, -0.1) is 13.2 Å². The van der Waals surface area contributed by atoms with E-state index in [9.17, 15) is 31.9 Å². The zero-order valence-electron chi connectivity index (χ0n) is 17.4. The molecule has 1 saturated heterocycles. The number of alkyl halides is 3. The Bertz CT molecular complexity index is 939. The van der Waals surface area contributed by atoms with E-state index in [1.165, 1.54) is 35.2 Å². The van der Waals surface area contributed by atoms with Crippen LogP contribution in [0.1, 0.15) is 17.2 Å². The Hall–Kier alpha value is -2.92. The summed E-state index contributed by atoms with van der Waals surface area (Å²) in [4.78, 5) is 14.2. The Labute approximate surface area is 186 Å². The van der Waals surface area contributed by atoms with Gasteiger partial charge in [0, 0.05) is 25.6 Å². The molecule has 0 bridgehead atoms. The van der Waals surface area contributed by atoms with E-state index < -0.39 is 36.0 Å². The van der Waals surface area contributed by atoms with Crippen LogP contribution in [0.2, 0.25) is 0 Å². The molecule has 0 saturated carbocycles. The highest BCUT2D eigenvalue weighted by Gasteiger charge is 2.31. The maximum atomic E-state index is 13.6. The number of urea groups is 1. The van der Waals surface area contributed by atoms with Crippen molar-refractivity contribution in [1.82, 2.24) is 10.2 Å². The summed E-state index contributed by atoms with van der Waals surface area (Å²) in [6, 6.07) is 7.59. The van der Waals surface area contributed by atoms with Crippen molar-refractivity contribution in [3.8, 4) is 5.75 Å². The molecule has 1 aliphatic rings. The Kier molecular flexibility index (Phi) is 8.09. The minimum atomic E-state index is -4.78. The number of nitrogens with one attached hydrogen (secondary N) is 1. The van der Waals surface area contributed by atoms with Crippen LogP contribution in [0.4, 0.5) is 26.7 Å². The largest absolute Gasteiger partial charge is 0.573 e. The number of halogens is 5. The summed E-state index contributed by atoms with van der Waals surface area (Å²) in [5.74, 6) is -2.76. The maximum absolute atomic E-state index is 13.6. The number of morpholine rings is 1. The number of hydrogen-bond acceptors (Lipinski definition) is 4. The Balaban J connectivity index is 1.58. The number of aliphatic hydroxyl groups is 1. The molecule has 2 amide bonds. The molecule has 2 atom stereocenters. The average Bonchev–Trinajstić information content (AvgIpc) is 2.78. The lowest BCUT2D eigenvalue weighted by Crippen LogP contribution is -2.49. The first-order valence-electron chi connectivity index (χ1n) is 10.2. The van der Waals surface area contributed by atoms with Gasteiger partial charge in [0.25, 0.3) is 0 Å². The molecule has 0 aromatic heterocycles. The van der Waals surface area contributed by atoms with Crippen LogP contribution in [0.25, 0.3) is 0 Å². The minimum Gasteiger partial charge on any atom is -0.406 e. The van der Waals surface area contributed by atoms with Crippen molar-refractivity contribution in [3.63, 3.8) is 0 Å². The van der Waals surface area contributed by atoms with E-state index in [1.54, 1.807) is 0 Å². The SMILES string of the molecule is O=C(NCC(CO)Cc1ccc(OC(F)(F)F)cc1)N1CCOCC1c1ccc(F)c(F)c1. The molecule has 1 aliphatic heterocycles. The predicted molar refractivity (Wildman–Crippen MR) is 107 cm³/mol. The molecule has 1 heterocycles. The number of benzene rings is 2. The first-order chi connectivity index (χ1) is 15.7. The van der Waals surface area contributed by atoms with Gasteiger partial charge in [0.05, 0.1) is 19.3 Å². The molecule has 0 spiro atoms. The molecule has 3 rings (SSSR count). The summed E-state index contributed by atoms with van der Waals surface area (Å²) in [5, 5.41) is 12.4. The highest BCUT2D eigenvalue weighted by molar-refractivity contribution is 5.75. The summed E-state index contributed by atoms with van der Waals surface area (Å²) in [5.41, 5.74) is 1.05. The monoisotopic (exact) mass is 474 g/mol. The van der Waals surface area contributed by atoms with Crippen LogP contribution in [0.3, 0.4) is 0 Å². The minimum absolute atomic E-state index is 0.0952. The van der Waals surface area contributed by atoms with Crippen molar-refractivity contribution < 1.29 is 41.3 Å². The lowest BCUT2D eigenvalue weighted by molar-refractivity contribution is -0.274. The maximum Gasteiger partial charge on any atom is 0.573 e. The predicted octanol–water partition coefficient (Wildman–Crippen LogP) is 3.80. The van der Waals surface area contributed by atoms with Crippen LogP contribution in [0.5, 0.6) is 5.75 Å². The van der Waals surface area contributed by atoms with Gasteiger partial charge in [0.15, 0.2) is 11.6 Å². The number of rotatable bonds is 7. The van der Waals surface area contributed by atoms with Gasteiger partial charge >= 0.3 is 12.4 Å². The number of carbonyl (C=O) groups excluding carboxylic acids is 1. The summed E-state index contributed by atoms with van der Waals surface area (Å²) < 4.78 is 72.9. The van der Waals surface area contributed by atoms with Crippen LogP contribution >= 0.6 is 0 Å². The molecule has 2 aromatic rings. The molecule has 1 fully saturated rings. The van der Waals surface area contributed by atoms with Crippen LogP contribution in [0.15, 0.2) is 42.5 Å². The summed E-state index contributed by atoms with van der Waals surface area (Å²) in [7, 11) is 0. The van der Waals surface area contributed by atoms with Gasteiger partial charge in [-0.05, 0) is 41.8 Å². The zero-order chi connectivity index (χ0) is 24.0. The van der Waals surface area contributed by atoms with Gasteiger partial charge in [0.2, 0.25) is 0 Å². The Morgan fingerprint density at radius 1 is 1.18 bits per heavy atom. The fourth-order valence-corrected chi connectivity index (χ4v) is 3.54. The fourth-order valence-electron chi connectivity index (χ4n) is 3.54. The third-order valence-corrected chi connectivity index (χ3v) is 5.20. The molecule has 2 N–H and O–H groups in total. The first kappa shape index (κ1) is 24.7. The van der Waals surface area contributed by atoms with E-state index in [0.717, 1.165) is 12.1 Å². The number of hydrogen-bond donors (Lipinski definition) is 2. The molecule has 180 valence electrons. The van der Waals surface area contributed by atoms with Gasteiger partial charge in [-0.1, -0.05) is 18.2 Å². The lowest BCUT2D eigenvalue weighted by atomic mass is 10.00. The van der Waals surface area contributed by atoms with Crippen molar-refractivity contribution in [2.75, 3.05) is 32.9 Å². The first-order valence-corrected chi connectivity index (χ1v) is 10.2. The van der Waals surface area contributed by atoms with Gasteiger partial charge < -0.3 is 24.8 Å². The summed E-state index contributed by atoms with van der Waals surface area (Å²) in [6.07, 6.45) is -4.48. The lowest BCUT2D eigenvalue weighted by Gasteiger charge is -2.36. The van der Waals surface area contributed by atoms with E-state index in [4.69, 9.17) is 4.74 Å². The van der Waals surface area contributed by atoms with Crippen molar-refractivity contribution in [2.45, 2.75) is 18.8 Å². The average molecular weight is 474 g/mol. The molecule has 2 unspecified atom stereocenters. The molecule has 0 radical (unpaired) electrons. The van der Waals surface area contributed by atoms with E-state index >= 15 is 0 Å². The number of ether oxygens (including phenoxy) is 2. The zero-order valence-corrected chi connectivity index (χ0v) is 17.4. The highest BCUT2D eigenvalue weighted by Crippen LogP contribution is 2.26. The second kappa shape index (κ2) is 10.8. The van der Waals surface area contributed by atoms with E-state index in [1.807, 2.05) is 0 Å². The van der Waals surface area contributed by atoms with Gasteiger partial charge in [0.1, 0.15) is 5.75 Å². The smallest absolute Gasteiger partial charge is 0.406 e. The summed E-state index contributed by atoms with van der Waals surface area (Å²) >= 11 is 0. The molecular formula is C22H23F5N2O4. The quantitative estimate of drug-likeness (QED) is 0.599. The third-order valence-electron chi connectivity index (χ3n) is 5.20. The van der Waals surface area contributed by atoms with Crippen molar-refractivity contribution in [1.29, 1.82) is 0 Å². The molecule has 33 heavy (non-hydrogen) atoms. The van der Waals surface area contributed by atoms with Crippen LogP contribution in [-0.2, 0) is 11.2 Å². The van der Waals surface area contributed by atoms with Crippen molar-refractivity contribution in [3.05, 3.63) is 65.2 Å². The van der Waals surface area contributed by atoms with Crippen molar-refractivity contribution in [2.24, 2.45) is 5.92 Å². The standard InChI is InChI=1S/C22H23F5N2O4/c23-18-6-3-16(10-19(18)24)20-13-32-8-7-29(20)21(31)28-11-15(12-30)9-14-1-4-17(5-2-14)33-22(25,26)27/h1-6,10,15,20,30H,7-9,11-13H2,(H,28,31). The van der Waals surface area contributed by atoms with Gasteiger partial charge in [-0.2, -0.15) is 0 Å². The number of aliphatic hydroxyl groups excluding tert-OH is 1. The van der Waals surface area contributed by atoms with E-state index in [-0.39, 0.29) is 38.7 Å². The highest BCUT2D eigenvalue weighted by atomic mass is 19.4. The normalized spacial score (nSPS) is 17.5. The van der Waals surface area contributed by atoms with E-state index in [0.29, 0.717) is 17.5 Å². The fraction of sp³-hybridized carbons (Fsp3) is 0.409. The number of amides is 2. The summed E-state index contributed by atoms with van der Waals surface area (Å²) in [6.45, 7) is 0.465. The third kappa shape index (κ3) is 7.03. The van der Waals surface area contributed by atoms with Crippen LogP contribution in [0, 0.1) is 17.6 Å². The Morgan fingerprint density at radius 2 is 1.91 bits per heavy atom. The Morgan fingerprint density at radius 3 is 2.55 bits per heavy atom. The van der Waals surface area contributed by atoms with Gasteiger partial charge in [-0.3, -0.25) is 0 Å². The molecule has 6 nitrogen and oxygen atoms in total. The van der Waals surface area contributed by atoms with Crippen molar-refractivity contribution >= 4 is 6.03 Å². The van der Waals surface area contributed by atoms with Gasteiger partial charge in [-0.25, -0.2) is 13.6 Å². The van der Waals surface area contributed by atoms with Crippen LogP contribution < -0.4 is 10.1 Å². The second-order valence-corrected chi connectivity index (χ2v) is 7.59. The topological polar surface area (TPSA) is 71.0 Å². The van der Waals surface area contributed by atoms with E-state index in [2.05, 4.69) is 10.1 Å². The molecule has 2 aromatic carbocycles.